The lowest BCUT2D eigenvalue weighted by molar-refractivity contribution is -0.189. The first-order chi connectivity index (χ1) is 8.23. The van der Waals surface area contributed by atoms with E-state index in [0.717, 1.165) is 6.20 Å². The minimum Gasteiger partial charge on any atom is -0.479 e. The molecule has 6 nitrogen and oxygen atoms in total. The molecule has 1 aliphatic rings. The molecule has 1 aromatic rings. The van der Waals surface area contributed by atoms with Crippen molar-refractivity contribution in [2.45, 2.75) is 18.8 Å². The standard InChI is InChI=1S/C9H8F3N3O3/c1-14-5-3-15(8(18)9(10,11)12)6(7(16)17)4(5)2-13-14/h2,6H,3H2,1H3,(H,16,17). The summed E-state index contributed by atoms with van der Waals surface area (Å²) in [6, 6.07) is -1.64. The number of amides is 1. The quantitative estimate of drug-likeness (QED) is 0.798. The van der Waals surface area contributed by atoms with Gasteiger partial charge < -0.3 is 10.0 Å². The van der Waals surface area contributed by atoms with Crippen LogP contribution in [0.25, 0.3) is 0 Å². The minimum atomic E-state index is -5.09. The highest BCUT2D eigenvalue weighted by atomic mass is 19.4. The second-order valence-corrected chi connectivity index (χ2v) is 3.84. The Kier molecular flexibility index (Phi) is 2.56. The molecule has 0 aliphatic carbocycles. The third kappa shape index (κ3) is 1.71. The van der Waals surface area contributed by atoms with E-state index >= 15 is 0 Å². The van der Waals surface area contributed by atoms with Crippen LogP contribution in [0.5, 0.6) is 0 Å². The molecule has 0 fully saturated rings. The van der Waals surface area contributed by atoms with E-state index in [9.17, 15) is 22.8 Å². The number of halogens is 3. The maximum absolute atomic E-state index is 12.4. The number of hydrogen-bond acceptors (Lipinski definition) is 3. The zero-order chi connectivity index (χ0) is 13.7. The Morgan fingerprint density at radius 2 is 2.11 bits per heavy atom. The first-order valence-electron chi connectivity index (χ1n) is 4.85. The predicted octanol–water partition coefficient (Wildman–Crippen LogP) is 0.450. The maximum atomic E-state index is 12.4. The van der Waals surface area contributed by atoms with Gasteiger partial charge in [-0.05, 0) is 0 Å². The average Bonchev–Trinajstić information content (AvgIpc) is 2.76. The van der Waals surface area contributed by atoms with Crippen molar-refractivity contribution in [2.75, 3.05) is 0 Å². The Balaban J connectivity index is 2.41. The van der Waals surface area contributed by atoms with Crippen LogP contribution in [0.3, 0.4) is 0 Å². The zero-order valence-corrected chi connectivity index (χ0v) is 9.10. The molecular weight excluding hydrogens is 255 g/mol. The van der Waals surface area contributed by atoms with E-state index in [2.05, 4.69) is 5.10 Å². The van der Waals surface area contributed by atoms with Crippen molar-refractivity contribution < 1.29 is 27.9 Å². The number of aromatic nitrogens is 2. The van der Waals surface area contributed by atoms with Gasteiger partial charge in [0.2, 0.25) is 0 Å². The van der Waals surface area contributed by atoms with E-state index in [1.54, 1.807) is 0 Å². The van der Waals surface area contributed by atoms with Crippen LogP contribution in [0, 0.1) is 0 Å². The van der Waals surface area contributed by atoms with Crippen LogP contribution in [0.2, 0.25) is 0 Å². The highest BCUT2D eigenvalue weighted by Crippen LogP contribution is 2.36. The van der Waals surface area contributed by atoms with Crippen LogP contribution in [-0.4, -0.2) is 37.8 Å². The maximum Gasteiger partial charge on any atom is 0.471 e. The monoisotopic (exact) mass is 263 g/mol. The van der Waals surface area contributed by atoms with E-state index in [4.69, 9.17) is 5.11 Å². The molecule has 0 aromatic carbocycles. The molecule has 1 aliphatic heterocycles. The summed E-state index contributed by atoms with van der Waals surface area (Å²) in [4.78, 5) is 22.5. The van der Waals surface area contributed by atoms with E-state index in [1.165, 1.54) is 11.7 Å². The summed E-state index contributed by atoms with van der Waals surface area (Å²) in [6.45, 7) is -0.416. The van der Waals surface area contributed by atoms with Gasteiger partial charge in [-0.2, -0.15) is 18.3 Å². The number of fused-ring (bicyclic) bond motifs is 1. The lowest BCUT2D eigenvalue weighted by atomic mass is 10.1. The van der Waals surface area contributed by atoms with Gasteiger partial charge >= 0.3 is 18.1 Å². The highest BCUT2D eigenvalue weighted by molar-refractivity contribution is 5.89. The second kappa shape index (κ2) is 3.72. The van der Waals surface area contributed by atoms with Gasteiger partial charge in [-0.1, -0.05) is 0 Å². The van der Waals surface area contributed by atoms with Gasteiger partial charge in [0.05, 0.1) is 18.4 Å². The molecular formula is C9H8F3N3O3. The van der Waals surface area contributed by atoms with Gasteiger partial charge in [0, 0.05) is 12.6 Å². The van der Waals surface area contributed by atoms with Crippen molar-refractivity contribution in [3.8, 4) is 0 Å². The molecule has 2 heterocycles. The molecule has 0 saturated carbocycles. The molecule has 0 radical (unpaired) electrons. The van der Waals surface area contributed by atoms with Crippen LogP contribution in [-0.2, 0) is 23.2 Å². The van der Waals surface area contributed by atoms with E-state index in [1.807, 2.05) is 0 Å². The third-order valence-electron chi connectivity index (χ3n) is 2.76. The first kappa shape index (κ1) is 12.4. The van der Waals surface area contributed by atoms with Crippen molar-refractivity contribution in [2.24, 2.45) is 7.05 Å². The molecule has 18 heavy (non-hydrogen) atoms. The van der Waals surface area contributed by atoms with Crippen molar-refractivity contribution in [1.82, 2.24) is 14.7 Å². The van der Waals surface area contributed by atoms with Crippen molar-refractivity contribution in [3.05, 3.63) is 17.5 Å². The molecule has 1 unspecified atom stereocenters. The summed E-state index contributed by atoms with van der Waals surface area (Å²) < 4.78 is 38.3. The summed E-state index contributed by atoms with van der Waals surface area (Å²) in [6.07, 6.45) is -3.93. The zero-order valence-electron chi connectivity index (χ0n) is 9.10. The Bertz CT molecular complexity index is 523. The van der Waals surface area contributed by atoms with E-state index in [0.29, 0.717) is 5.69 Å². The van der Waals surface area contributed by atoms with Crippen LogP contribution in [0.15, 0.2) is 6.20 Å². The molecule has 2 rings (SSSR count). The third-order valence-corrected chi connectivity index (χ3v) is 2.76. The number of aliphatic carboxylic acids is 1. The molecule has 1 N–H and O–H groups in total. The number of nitrogens with zero attached hydrogens (tertiary/aromatic N) is 3. The topological polar surface area (TPSA) is 75.4 Å². The number of alkyl halides is 3. The minimum absolute atomic E-state index is 0.114. The Morgan fingerprint density at radius 1 is 1.50 bits per heavy atom. The number of aryl methyl sites for hydroxylation is 1. The summed E-state index contributed by atoms with van der Waals surface area (Å²) in [5, 5.41) is 12.7. The second-order valence-electron chi connectivity index (χ2n) is 3.84. The van der Waals surface area contributed by atoms with Gasteiger partial charge in [0.1, 0.15) is 0 Å². The van der Waals surface area contributed by atoms with Gasteiger partial charge in [0.15, 0.2) is 6.04 Å². The number of carbonyl (C=O) groups is 2. The van der Waals surface area contributed by atoms with Crippen LogP contribution >= 0.6 is 0 Å². The number of carboxylic acids is 1. The summed E-state index contributed by atoms with van der Waals surface area (Å²) >= 11 is 0. The number of rotatable bonds is 1. The SMILES string of the molecule is Cn1ncc2c1CN(C(=O)C(F)(F)F)C2C(=O)O. The molecule has 1 atom stereocenters. The van der Waals surface area contributed by atoms with Crippen LogP contribution < -0.4 is 0 Å². The van der Waals surface area contributed by atoms with E-state index < -0.39 is 30.6 Å². The molecule has 0 bridgehead atoms. The van der Waals surface area contributed by atoms with Crippen molar-refractivity contribution in [3.63, 3.8) is 0 Å². The van der Waals surface area contributed by atoms with Crippen molar-refractivity contribution >= 4 is 11.9 Å². The first-order valence-corrected chi connectivity index (χ1v) is 4.85. The number of carbonyl (C=O) groups excluding carboxylic acids is 1. The molecule has 9 heteroatoms. The number of carboxylic acid groups (broad SMARTS) is 1. The molecule has 1 aromatic heterocycles. The number of hydrogen-bond donors (Lipinski definition) is 1. The van der Waals surface area contributed by atoms with Crippen molar-refractivity contribution in [1.29, 1.82) is 0 Å². The Labute approximate surface area is 98.6 Å². The highest BCUT2D eigenvalue weighted by Gasteiger charge is 2.50. The molecule has 0 spiro atoms. The largest absolute Gasteiger partial charge is 0.479 e. The van der Waals surface area contributed by atoms with Gasteiger partial charge in [-0.3, -0.25) is 9.48 Å². The summed E-state index contributed by atoms with van der Waals surface area (Å²) in [5.74, 6) is -3.68. The average molecular weight is 263 g/mol. The Hall–Kier alpha value is -2.06. The smallest absolute Gasteiger partial charge is 0.471 e. The fourth-order valence-electron chi connectivity index (χ4n) is 1.94. The van der Waals surface area contributed by atoms with Gasteiger partial charge in [-0.25, -0.2) is 4.79 Å². The van der Waals surface area contributed by atoms with Crippen LogP contribution in [0.1, 0.15) is 17.3 Å². The lowest BCUT2D eigenvalue weighted by Gasteiger charge is -2.22. The summed E-state index contributed by atoms with van der Waals surface area (Å²) in [5.41, 5.74) is 0.405. The molecule has 1 amide bonds. The normalized spacial score (nSPS) is 18.9. The fraction of sp³-hybridized carbons (Fsp3) is 0.444. The molecule has 98 valence electrons. The predicted molar refractivity (Wildman–Crippen MR) is 50.2 cm³/mol. The van der Waals surface area contributed by atoms with Crippen LogP contribution in [0.4, 0.5) is 13.2 Å². The Morgan fingerprint density at radius 3 is 2.61 bits per heavy atom. The van der Waals surface area contributed by atoms with Gasteiger partial charge in [0.25, 0.3) is 0 Å². The lowest BCUT2D eigenvalue weighted by Crippen LogP contribution is -2.42. The van der Waals surface area contributed by atoms with E-state index in [-0.39, 0.29) is 10.5 Å². The fourth-order valence-corrected chi connectivity index (χ4v) is 1.94. The summed E-state index contributed by atoms with van der Waals surface area (Å²) in [7, 11) is 1.47. The molecule has 0 saturated heterocycles. The van der Waals surface area contributed by atoms with Gasteiger partial charge in [-0.15, -0.1) is 0 Å².